The lowest BCUT2D eigenvalue weighted by atomic mass is 10.2. The molecule has 0 aliphatic carbocycles. The van der Waals surface area contributed by atoms with Gasteiger partial charge in [-0.2, -0.15) is 11.8 Å². The van der Waals surface area contributed by atoms with Crippen LogP contribution in [0.5, 0.6) is 5.75 Å². The van der Waals surface area contributed by atoms with Gasteiger partial charge in [-0.3, -0.25) is 14.5 Å². The second kappa shape index (κ2) is 10.0. The first-order valence-corrected chi connectivity index (χ1v) is 11.5. The minimum Gasteiger partial charge on any atom is -0.477 e. The molecule has 1 aromatic heterocycles. The molecule has 2 saturated heterocycles. The molecule has 2 aliphatic rings. The van der Waals surface area contributed by atoms with E-state index in [1.165, 1.54) is 18.0 Å². The lowest BCUT2D eigenvalue weighted by Crippen LogP contribution is -2.46. The Morgan fingerprint density at radius 3 is 2.47 bits per heavy atom. The summed E-state index contributed by atoms with van der Waals surface area (Å²) in [6.45, 7) is 5.60. The first-order chi connectivity index (χ1) is 14.7. The van der Waals surface area contributed by atoms with Gasteiger partial charge >= 0.3 is 0 Å². The fourth-order valence-electron chi connectivity index (χ4n) is 3.69. The molecule has 0 radical (unpaired) electrons. The fraction of sp³-hybridized carbons (Fsp3) is 0.455. The van der Waals surface area contributed by atoms with Crippen LogP contribution in [-0.4, -0.2) is 73.1 Å². The summed E-state index contributed by atoms with van der Waals surface area (Å²) in [6, 6.07) is 11.9. The molecule has 4 rings (SSSR count). The van der Waals surface area contributed by atoms with Crippen molar-refractivity contribution in [1.82, 2.24) is 9.80 Å². The molecule has 7 nitrogen and oxygen atoms in total. The lowest BCUT2D eigenvalue weighted by Gasteiger charge is -2.35. The number of carbonyl (C=O) groups excluding carboxylic acids is 1. The van der Waals surface area contributed by atoms with E-state index in [2.05, 4.69) is 34.1 Å². The molecule has 0 atom stereocenters. The minimum absolute atomic E-state index is 0.0879. The van der Waals surface area contributed by atoms with Crippen LogP contribution in [0, 0.1) is 0 Å². The number of rotatable bonds is 6. The molecule has 30 heavy (non-hydrogen) atoms. The molecule has 2 aromatic rings. The normalized spacial score (nSPS) is 17.7. The van der Waals surface area contributed by atoms with Crippen LogP contribution in [0.4, 0.5) is 5.69 Å². The molecule has 1 amide bonds. The second-order valence-electron chi connectivity index (χ2n) is 7.46. The summed E-state index contributed by atoms with van der Waals surface area (Å²) in [5, 5.41) is 0. The topological polar surface area (TPSA) is 66.2 Å². The summed E-state index contributed by atoms with van der Waals surface area (Å²) >= 11 is 1.84. The predicted octanol–water partition coefficient (Wildman–Crippen LogP) is 1.92. The lowest BCUT2D eigenvalue weighted by molar-refractivity contribution is -0.133. The molecular formula is C22H27N3O4S. The molecule has 2 aliphatic heterocycles. The maximum Gasteiger partial charge on any atom is 0.260 e. The monoisotopic (exact) mass is 429 g/mol. The van der Waals surface area contributed by atoms with Gasteiger partial charge in [0.15, 0.2) is 6.61 Å². The van der Waals surface area contributed by atoms with Crippen molar-refractivity contribution in [2.45, 2.75) is 6.54 Å². The largest absolute Gasteiger partial charge is 0.477 e. The van der Waals surface area contributed by atoms with Crippen LogP contribution in [-0.2, 0) is 11.3 Å². The number of hydrogen-bond acceptors (Lipinski definition) is 7. The van der Waals surface area contributed by atoms with Crippen LogP contribution in [0.25, 0.3) is 0 Å². The highest BCUT2D eigenvalue weighted by molar-refractivity contribution is 7.99. The Morgan fingerprint density at radius 2 is 1.77 bits per heavy atom. The number of thioether (sulfide) groups is 1. The number of nitrogens with zero attached hydrogens (tertiary/aromatic N) is 3. The van der Waals surface area contributed by atoms with E-state index in [-0.39, 0.29) is 23.7 Å². The molecule has 3 heterocycles. The zero-order chi connectivity index (χ0) is 20.8. The molecule has 2 fully saturated rings. The molecule has 0 bridgehead atoms. The van der Waals surface area contributed by atoms with Crippen molar-refractivity contribution in [3.63, 3.8) is 0 Å². The number of carbonyl (C=O) groups is 1. The first kappa shape index (κ1) is 20.8. The van der Waals surface area contributed by atoms with E-state index >= 15 is 0 Å². The van der Waals surface area contributed by atoms with E-state index in [9.17, 15) is 9.59 Å². The maximum atomic E-state index is 12.4. The SMILES string of the molecule is O=C(COc1coc(CN2CCN(c3ccccc3)CC2)cc1=O)N1CCSCC1. The number of benzene rings is 1. The third-order valence-electron chi connectivity index (χ3n) is 5.44. The van der Waals surface area contributed by atoms with Gasteiger partial charge in [0.05, 0.1) is 6.54 Å². The molecule has 0 unspecified atom stereocenters. The molecule has 0 saturated carbocycles. The number of para-hydroxylation sites is 1. The average Bonchev–Trinajstić information content (AvgIpc) is 2.80. The summed E-state index contributed by atoms with van der Waals surface area (Å²) in [5.74, 6) is 2.51. The Balaban J connectivity index is 1.26. The summed E-state index contributed by atoms with van der Waals surface area (Å²) in [7, 11) is 0. The third kappa shape index (κ3) is 5.37. The van der Waals surface area contributed by atoms with Crippen LogP contribution in [0.15, 0.2) is 51.9 Å². The Labute approximate surface area is 180 Å². The van der Waals surface area contributed by atoms with Gasteiger partial charge in [-0.05, 0) is 12.1 Å². The van der Waals surface area contributed by atoms with Crippen molar-refractivity contribution >= 4 is 23.4 Å². The van der Waals surface area contributed by atoms with Gasteiger partial charge < -0.3 is 19.0 Å². The van der Waals surface area contributed by atoms with Gasteiger partial charge in [-0.25, -0.2) is 0 Å². The summed E-state index contributed by atoms with van der Waals surface area (Å²) in [4.78, 5) is 31.0. The summed E-state index contributed by atoms with van der Waals surface area (Å²) in [5.41, 5.74) is 0.990. The van der Waals surface area contributed by atoms with Gasteiger partial charge in [0.2, 0.25) is 11.2 Å². The second-order valence-corrected chi connectivity index (χ2v) is 8.68. The van der Waals surface area contributed by atoms with E-state index < -0.39 is 0 Å². The van der Waals surface area contributed by atoms with E-state index in [0.717, 1.165) is 50.8 Å². The molecular weight excluding hydrogens is 402 g/mol. The Bertz CT molecular complexity index is 891. The summed E-state index contributed by atoms with van der Waals surface area (Å²) < 4.78 is 11.1. The fourth-order valence-corrected chi connectivity index (χ4v) is 4.60. The van der Waals surface area contributed by atoms with Crippen LogP contribution >= 0.6 is 11.8 Å². The predicted molar refractivity (Wildman–Crippen MR) is 118 cm³/mol. The maximum absolute atomic E-state index is 12.4. The van der Waals surface area contributed by atoms with Crippen molar-refractivity contribution in [3.8, 4) is 5.75 Å². The Kier molecular flexibility index (Phi) is 6.96. The highest BCUT2D eigenvalue weighted by atomic mass is 32.2. The molecule has 0 N–H and O–H groups in total. The van der Waals surface area contributed by atoms with E-state index in [0.29, 0.717) is 12.3 Å². The standard InChI is InChI=1S/C22H27N3O4S/c26-20-14-19(15-23-6-8-24(9-7-23)18-4-2-1-3-5-18)28-16-21(20)29-17-22(27)25-10-12-30-13-11-25/h1-5,14,16H,6-13,15,17H2. The van der Waals surface area contributed by atoms with Crippen LogP contribution in [0.2, 0.25) is 0 Å². The minimum atomic E-state index is -0.249. The van der Waals surface area contributed by atoms with Crippen molar-refractivity contribution in [3.05, 3.63) is 58.6 Å². The van der Waals surface area contributed by atoms with Gasteiger partial charge in [0.25, 0.3) is 5.91 Å². The van der Waals surface area contributed by atoms with Gasteiger partial charge in [-0.15, -0.1) is 0 Å². The van der Waals surface area contributed by atoms with Gasteiger partial charge in [-0.1, -0.05) is 18.2 Å². The smallest absolute Gasteiger partial charge is 0.260 e. The Hall–Kier alpha value is -2.45. The molecule has 160 valence electrons. The van der Waals surface area contributed by atoms with Gasteiger partial charge in [0, 0.05) is 62.5 Å². The molecule has 1 aromatic carbocycles. The third-order valence-corrected chi connectivity index (χ3v) is 6.38. The highest BCUT2D eigenvalue weighted by Crippen LogP contribution is 2.17. The zero-order valence-corrected chi connectivity index (χ0v) is 17.8. The van der Waals surface area contributed by atoms with Crippen LogP contribution in [0.1, 0.15) is 5.76 Å². The van der Waals surface area contributed by atoms with Crippen molar-refractivity contribution in [2.75, 3.05) is 62.3 Å². The first-order valence-electron chi connectivity index (χ1n) is 10.3. The molecule has 8 heteroatoms. The number of amides is 1. The number of ether oxygens (including phenoxy) is 1. The van der Waals surface area contributed by atoms with Crippen LogP contribution in [0.3, 0.4) is 0 Å². The van der Waals surface area contributed by atoms with E-state index in [1.807, 2.05) is 17.8 Å². The summed E-state index contributed by atoms with van der Waals surface area (Å²) in [6.07, 6.45) is 1.33. The van der Waals surface area contributed by atoms with Crippen molar-refractivity contribution in [1.29, 1.82) is 0 Å². The number of piperazine rings is 1. The van der Waals surface area contributed by atoms with Crippen molar-refractivity contribution in [2.24, 2.45) is 0 Å². The highest BCUT2D eigenvalue weighted by Gasteiger charge is 2.20. The van der Waals surface area contributed by atoms with Gasteiger partial charge in [0.1, 0.15) is 12.0 Å². The average molecular weight is 430 g/mol. The quantitative estimate of drug-likeness (QED) is 0.695. The number of hydrogen-bond donors (Lipinski definition) is 0. The van der Waals surface area contributed by atoms with Crippen molar-refractivity contribution < 1.29 is 13.9 Å². The number of anilines is 1. The van der Waals surface area contributed by atoms with Crippen LogP contribution < -0.4 is 15.1 Å². The van der Waals surface area contributed by atoms with E-state index in [1.54, 1.807) is 4.90 Å². The van der Waals surface area contributed by atoms with E-state index in [4.69, 9.17) is 9.15 Å². The Morgan fingerprint density at radius 1 is 1.03 bits per heavy atom. The molecule has 0 spiro atoms. The zero-order valence-electron chi connectivity index (χ0n) is 17.0.